The smallest absolute Gasteiger partial charge is 0.129 e. The summed E-state index contributed by atoms with van der Waals surface area (Å²) in [5.41, 5.74) is 1.32. The minimum Gasteiger partial charge on any atom is -0.374 e. The van der Waals surface area contributed by atoms with Gasteiger partial charge in [-0.1, -0.05) is 19.4 Å². The zero-order valence-electron chi connectivity index (χ0n) is 8.91. The van der Waals surface area contributed by atoms with Crippen LogP contribution in [0.25, 0.3) is 0 Å². The van der Waals surface area contributed by atoms with Crippen molar-refractivity contribution in [3.8, 4) is 0 Å². The highest BCUT2D eigenvalue weighted by molar-refractivity contribution is 5.60. The van der Waals surface area contributed by atoms with E-state index in [-0.39, 0.29) is 5.92 Å². The molecule has 2 rings (SSSR count). The lowest BCUT2D eigenvalue weighted by molar-refractivity contribution is -0.111. The molecule has 1 fully saturated rings. The summed E-state index contributed by atoms with van der Waals surface area (Å²) in [5, 5.41) is 0. The third-order valence-corrected chi connectivity index (χ3v) is 3.62. The normalized spacial score (nSPS) is 32.1. The van der Waals surface area contributed by atoms with Crippen molar-refractivity contribution in [1.29, 1.82) is 0 Å². The van der Waals surface area contributed by atoms with E-state index in [0.29, 0.717) is 5.92 Å². The average Bonchev–Trinajstić information content (AvgIpc) is 2.85. The Morgan fingerprint density at radius 3 is 2.79 bits per heavy atom. The Labute approximate surface area is 86.0 Å². The largest absolute Gasteiger partial charge is 0.374 e. The summed E-state index contributed by atoms with van der Waals surface area (Å²) in [6, 6.07) is 0. The van der Waals surface area contributed by atoms with Crippen LogP contribution in [0, 0.1) is 11.8 Å². The van der Waals surface area contributed by atoms with Crippen molar-refractivity contribution in [2.75, 3.05) is 13.1 Å². The van der Waals surface area contributed by atoms with E-state index in [1.165, 1.54) is 18.5 Å². The number of carbonyl (C=O) groups is 1. The molecule has 0 amide bonds. The molecule has 1 aliphatic heterocycles. The zero-order chi connectivity index (χ0) is 9.97. The Morgan fingerprint density at radius 2 is 2.21 bits per heavy atom. The summed E-state index contributed by atoms with van der Waals surface area (Å²) in [4.78, 5) is 13.5. The maximum Gasteiger partial charge on any atom is 0.129 e. The fourth-order valence-corrected chi connectivity index (χ4v) is 2.71. The van der Waals surface area contributed by atoms with Gasteiger partial charge in [-0.25, -0.2) is 0 Å². The Bertz CT molecular complexity index is 241. The van der Waals surface area contributed by atoms with Gasteiger partial charge in [-0.15, -0.1) is 0 Å². The number of hydrogen-bond donors (Lipinski definition) is 0. The standard InChI is InChI=1S/C12H19NO/c1-2-10-5-6-12(11(10)9-14)13-7-3-4-8-13/h6,9-11H,2-5,7-8H2,1H3. The quantitative estimate of drug-likeness (QED) is 0.640. The molecule has 1 aliphatic carbocycles. The van der Waals surface area contributed by atoms with Crippen LogP contribution in [0.4, 0.5) is 0 Å². The molecular formula is C12H19NO. The number of nitrogens with zero attached hydrogens (tertiary/aromatic N) is 1. The zero-order valence-corrected chi connectivity index (χ0v) is 8.91. The van der Waals surface area contributed by atoms with Gasteiger partial charge in [0.2, 0.25) is 0 Å². The summed E-state index contributed by atoms with van der Waals surface area (Å²) >= 11 is 0. The van der Waals surface area contributed by atoms with Crippen molar-refractivity contribution in [3.05, 3.63) is 11.8 Å². The van der Waals surface area contributed by atoms with Crippen LogP contribution in [0.2, 0.25) is 0 Å². The summed E-state index contributed by atoms with van der Waals surface area (Å²) in [6.07, 6.45) is 8.26. The predicted octanol–water partition coefficient (Wildman–Crippen LogP) is 2.21. The summed E-state index contributed by atoms with van der Waals surface area (Å²) in [6.45, 7) is 4.50. The molecular weight excluding hydrogens is 174 g/mol. The third kappa shape index (κ3) is 1.58. The highest BCUT2D eigenvalue weighted by Gasteiger charge is 2.32. The molecule has 0 N–H and O–H groups in total. The van der Waals surface area contributed by atoms with E-state index < -0.39 is 0 Å². The molecule has 14 heavy (non-hydrogen) atoms. The van der Waals surface area contributed by atoms with Gasteiger partial charge in [0, 0.05) is 18.8 Å². The molecule has 0 saturated carbocycles. The minimum atomic E-state index is 0.193. The molecule has 0 aromatic rings. The van der Waals surface area contributed by atoms with Crippen LogP contribution >= 0.6 is 0 Å². The lowest BCUT2D eigenvalue weighted by atomic mass is 9.92. The second-order valence-electron chi connectivity index (χ2n) is 4.39. The van der Waals surface area contributed by atoms with Gasteiger partial charge in [0.1, 0.15) is 6.29 Å². The predicted molar refractivity (Wildman–Crippen MR) is 56.8 cm³/mol. The van der Waals surface area contributed by atoms with Crippen molar-refractivity contribution in [2.24, 2.45) is 11.8 Å². The van der Waals surface area contributed by atoms with Crippen LogP contribution in [-0.2, 0) is 4.79 Å². The van der Waals surface area contributed by atoms with Gasteiger partial charge in [0.15, 0.2) is 0 Å². The van der Waals surface area contributed by atoms with Gasteiger partial charge in [-0.2, -0.15) is 0 Å². The SMILES string of the molecule is CCC1CC=C(N2CCCC2)C1C=O. The maximum absolute atomic E-state index is 11.1. The number of hydrogen-bond acceptors (Lipinski definition) is 2. The first kappa shape index (κ1) is 9.75. The van der Waals surface area contributed by atoms with Crippen molar-refractivity contribution < 1.29 is 4.79 Å². The number of likely N-dealkylation sites (tertiary alicyclic amines) is 1. The van der Waals surface area contributed by atoms with Crippen LogP contribution < -0.4 is 0 Å². The van der Waals surface area contributed by atoms with Crippen LogP contribution in [0.15, 0.2) is 11.8 Å². The summed E-state index contributed by atoms with van der Waals surface area (Å²) in [5.74, 6) is 0.765. The summed E-state index contributed by atoms with van der Waals surface area (Å²) < 4.78 is 0. The van der Waals surface area contributed by atoms with Gasteiger partial charge in [0.05, 0.1) is 5.92 Å². The van der Waals surface area contributed by atoms with Gasteiger partial charge >= 0.3 is 0 Å². The third-order valence-electron chi connectivity index (χ3n) is 3.62. The van der Waals surface area contributed by atoms with Crippen molar-refractivity contribution in [1.82, 2.24) is 4.90 Å². The number of aldehydes is 1. The van der Waals surface area contributed by atoms with E-state index >= 15 is 0 Å². The van der Waals surface area contributed by atoms with E-state index in [2.05, 4.69) is 17.9 Å². The van der Waals surface area contributed by atoms with Crippen LogP contribution in [0.3, 0.4) is 0 Å². The Balaban J connectivity index is 2.07. The van der Waals surface area contributed by atoms with Crippen molar-refractivity contribution in [3.63, 3.8) is 0 Å². The van der Waals surface area contributed by atoms with Crippen LogP contribution in [0.5, 0.6) is 0 Å². The first-order chi connectivity index (χ1) is 6.86. The van der Waals surface area contributed by atoms with Crippen molar-refractivity contribution in [2.45, 2.75) is 32.6 Å². The molecule has 0 aromatic carbocycles. The fourth-order valence-electron chi connectivity index (χ4n) is 2.71. The van der Waals surface area contributed by atoms with Gasteiger partial charge in [0.25, 0.3) is 0 Å². The minimum absolute atomic E-state index is 0.193. The van der Waals surface area contributed by atoms with Gasteiger partial charge in [-0.05, 0) is 25.2 Å². The Morgan fingerprint density at radius 1 is 1.50 bits per heavy atom. The van der Waals surface area contributed by atoms with E-state index in [1.807, 2.05) is 0 Å². The molecule has 1 saturated heterocycles. The van der Waals surface area contributed by atoms with E-state index in [9.17, 15) is 4.79 Å². The molecule has 2 unspecified atom stereocenters. The molecule has 1 heterocycles. The first-order valence-corrected chi connectivity index (χ1v) is 5.77. The molecule has 2 heteroatoms. The van der Waals surface area contributed by atoms with Crippen molar-refractivity contribution >= 4 is 6.29 Å². The van der Waals surface area contributed by atoms with E-state index in [1.54, 1.807) is 0 Å². The highest BCUT2D eigenvalue weighted by Crippen LogP contribution is 2.35. The van der Waals surface area contributed by atoms with Gasteiger partial charge < -0.3 is 9.69 Å². The molecule has 2 aliphatic rings. The molecule has 0 spiro atoms. The average molecular weight is 193 g/mol. The second kappa shape index (κ2) is 4.16. The first-order valence-electron chi connectivity index (χ1n) is 5.77. The van der Waals surface area contributed by atoms with Crippen LogP contribution in [-0.4, -0.2) is 24.3 Å². The highest BCUT2D eigenvalue weighted by atomic mass is 16.1. The monoisotopic (exact) mass is 193 g/mol. The molecule has 0 bridgehead atoms. The Kier molecular flexibility index (Phi) is 2.90. The number of allylic oxidation sites excluding steroid dienone is 2. The van der Waals surface area contributed by atoms with E-state index in [4.69, 9.17) is 0 Å². The maximum atomic E-state index is 11.1. The Hall–Kier alpha value is -0.790. The number of carbonyl (C=O) groups excluding carboxylic acids is 1. The summed E-state index contributed by atoms with van der Waals surface area (Å²) in [7, 11) is 0. The molecule has 0 aromatic heterocycles. The molecule has 78 valence electrons. The second-order valence-corrected chi connectivity index (χ2v) is 4.39. The van der Waals surface area contributed by atoms with Gasteiger partial charge in [-0.3, -0.25) is 0 Å². The lowest BCUT2D eigenvalue weighted by Crippen LogP contribution is -2.25. The van der Waals surface area contributed by atoms with E-state index in [0.717, 1.165) is 32.2 Å². The number of rotatable bonds is 3. The fraction of sp³-hybridized carbons (Fsp3) is 0.750. The molecule has 0 radical (unpaired) electrons. The molecule has 2 nitrogen and oxygen atoms in total. The lowest BCUT2D eigenvalue weighted by Gasteiger charge is -2.24. The van der Waals surface area contributed by atoms with Crippen LogP contribution in [0.1, 0.15) is 32.6 Å². The topological polar surface area (TPSA) is 20.3 Å². The molecule has 2 atom stereocenters.